The molecule has 0 bridgehead atoms. The highest BCUT2D eigenvalue weighted by Gasteiger charge is 2.06. The Morgan fingerprint density at radius 1 is 1.38 bits per heavy atom. The third kappa shape index (κ3) is 3.25. The SMILES string of the molecule is O=C(Cc1cccc(Br)c1)Cc1cncs1. The van der Waals surface area contributed by atoms with E-state index in [-0.39, 0.29) is 5.78 Å². The van der Waals surface area contributed by atoms with Crippen LogP contribution in [0.25, 0.3) is 0 Å². The van der Waals surface area contributed by atoms with Crippen LogP contribution in [-0.4, -0.2) is 10.8 Å². The second-order valence-corrected chi connectivity index (χ2v) is 5.38. The van der Waals surface area contributed by atoms with Crippen molar-refractivity contribution < 1.29 is 4.79 Å². The molecule has 0 amide bonds. The van der Waals surface area contributed by atoms with Crippen LogP contribution < -0.4 is 0 Å². The maximum atomic E-state index is 11.8. The first kappa shape index (κ1) is 11.5. The number of hydrogen-bond donors (Lipinski definition) is 0. The van der Waals surface area contributed by atoms with E-state index in [1.807, 2.05) is 24.3 Å². The first-order valence-corrected chi connectivity index (χ1v) is 6.55. The molecule has 0 atom stereocenters. The van der Waals surface area contributed by atoms with Crippen molar-refractivity contribution in [2.75, 3.05) is 0 Å². The summed E-state index contributed by atoms with van der Waals surface area (Å²) in [6.07, 6.45) is 2.72. The molecule has 2 rings (SSSR count). The van der Waals surface area contributed by atoms with Gasteiger partial charge in [0.1, 0.15) is 5.78 Å². The third-order valence-electron chi connectivity index (χ3n) is 2.15. The van der Waals surface area contributed by atoms with Gasteiger partial charge < -0.3 is 0 Å². The van der Waals surface area contributed by atoms with E-state index >= 15 is 0 Å². The second-order valence-electron chi connectivity index (χ2n) is 3.49. The van der Waals surface area contributed by atoms with Gasteiger partial charge in [0.2, 0.25) is 0 Å². The van der Waals surface area contributed by atoms with Gasteiger partial charge in [-0.05, 0) is 17.7 Å². The highest BCUT2D eigenvalue weighted by Crippen LogP contribution is 2.14. The first-order valence-electron chi connectivity index (χ1n) is 4.87. The number of ketones is 1. The average molecular weight is 296 g/mol. The van der Waals surface area contributed by atoms with Gasteiger partial charge in [-0.2, -0.15) is 0 Å². The van der Waals surface area contributed by atoms with Gasteiger partial charge in [0.15, 0.2) is 0 Å². The van der Waals surface area contributed by atoms with Crippen molar-refractivity contribution >= 4 is 33.0 Å². The minimum absolute atomic E-state index is 0.224. The fraction of sp³-hybridized carbons (Fsp3) is 0.167. The summed E-state index contributed by atoms with van der Waals surface area (Å²) in [5, 5.41) is 0. The van der Waals surface area contributed by atoms with Crippen LogP contribution >= 0.6 is 27.3 Å². The molecule has 2 aromatic rings. The van der Waals surface area contributed by atoms with Crippen LogP contribution in [0.5, 0.6) is 0 Å². The summed E-state index contributed by atoms with van der Waals surface area (Å²) in [5.74, 6) is 0.224. The Bertz CT molecular complexity index is 482. The molecule has 0 saturated carbocycles. The lowest BCUT2D eigenvalue weighted by Crippen LogP contribution is -2.05. The van der Waals surface area contributed by atoms with E-state index < -0.39 is 0 Å². The molecule has 2 nitrogen and oxygen atoms in total. The number of benzene rings is 1. The van der Waals surface area contributed by atoms with Gasteiger partial charge in [-0.3, -0.25) is 9.78 Å². The fourth-order valence-electron chi connectivity index (χ4n) is 1.46. The molecule has 0 aliphatic heterocycles. The molecule has 0 aliphatic rings. The van der Waals surface area contributed by atoms with Crippen molar-refractivity contribution in [3.63, 3.8) is 0 Å². The Morgan fingerprint density at radius 3 is 2.94 bits per heavy atom. The first-order chi connectivity index (χ1) is 7.74. The average Bonchev–Trinajstić information content (AvgIpc) is 2.70. The molecule has 4 heteroatoms. The summed E-state index contributed by atoms with van der Waals surface area (Å²) < 4.78 is 1.01. The number of aromatic nitrogens is 1. The lowest BCUT2D eigenvalue weighted by atomic mass is 10.1. The molecule has 16 heavy (non-hydrogen) atoms. The molecular weight excluding hydrogens is 286 g/mol. The lowest BCUT2D eigenvalue weighted by Gasteiger charge is -2.00. The molecule has 1 heterocycles. The number of carbonyl (C=O) groups is 1. The predicted octanol–water partition coefficient (Wildman–Crippen LogP) is 3.26. The Balaban J connectivity index is 1.97. The fourth-order valence-corrected chi connectivity index (χ4v) is 2.53. The van der Waals surface area contributed by atoms with E-state index in [4.69, 9.17) is 0 Å². The van der Waals surface area contributed by atoms with E-state index in [0.717, 1.165) is 14.9 Å². The largest absolute Gasteiger partial charge is 0.299 e. The minimum atomic E-state index is 0.224. The van der Waals surface area contributed by atoms with Gasteiger partial charge in [-0.25, -0.2) is 0 Å². The van der Waals surface area contributed by atoms with Gasteiger partial charge in [0.05, 0.1) is 5.51 Å². The summed E-state index contributed by atoms with van der Waals surface area (Å²) in [7, 11) is 0. The van der Waals surface area contributed by atoms with Crippen molar-refractivity contribution in [2.45, 2.75) is 12.8 Å². The zero-order valence-corrected chi connectivity index (χ0v) is 10.9. The molecular formula is C12H10BrNOS. The van der Waals surface area contributed by atoms with E-state index in [0.29, 0.717) is 12.8 Å². The molecule has 0 N–H and O–H groups in total. The zero-order valence-electron chi connectivity index (χ0n) is 8.52. The molecule has 0 saturated heterocycles. The summed E-state index contributed by atoms with van der Waals surface area (Å²) in [5.41, 5.74) is 2.80. The van der Waals surface area contributed by atoms with Gasteiger partial charge in [0.25, 0.3) is 0 Å². The lowest BCUT2D eigenvalue weighted by molar-refractivity contribution is -0.117. The monoisotopic (exact) mass is 295 g/mol. The molecule has 82 valence electrons. The van der Waals surface area contributed by atoms with E-state index in [2.05, 4.69) is 20.9 Å². The summed E-state index contributed by atoms with van der Waals surface area (Å²) in [6, 6.07) is 7.84. The van der Waals surface area contributed by atoms with Crippen molar-refractivity contribution in [3.05, 3.63) is 50.9 Å². The summed E-state index contributed by atoms with van der Waals surface area (Å²) in [4.78, 5) is 16.7. The van der Waals surface area contributed by atoms with Gasteiger partial charge >= 0.3 is 0 Å². The Kier molecular flexibility index (Phi) is 3.85. The van der Waals surface area contributed by atoms with Crippen molar-refractivity contribution in [2.24, 2.45) is 0 Å². The highest BCUT2D eigenvalue weighted by atomic mass is 79.9. The van der Waals surface area contributed by atoms with Gasteiger partial charge in [0, 0.05) is 28.4 Å². The topological polar surface area (TPSA) is 30.0 Å². The smallest absolute Gasteiger partial charge is 0.142 e. The van der Waals surface area contributed by atoms with Crippen molar-refractivity contribution in [3.8, 4) is 0 Å². The Labute approximate surface area is 106 Å². The maximum Gasteiger partial charge on any atom is 0.142 e. The van der Waals surface area contributed by atoms with Crippen LogP contribution in [0.3, 0.4) is 0 Å². The predicted molar refractivity (Wildman–Crippen MR) is 68.7 cm³/mol. The van der Waals surface area contributed by atoms with E-state index in [1.54, 1.807) is 11.7 Å². The molecule has 0 fully saturated rings. The van der Waals surface area contributed by atoms with E-state index in [1.165, 1.54) is 11.3 Å². The number of Topliss-reactive ketones (excluding diaryl/α,β-unsaturated/α-hetero) is 1. The molecule has 0 aliphatic carbocycles. The number of carbonyl (C=O) groups excluding carboxylic acids is 1. The number of halogens is 1. The van der Waals surface area contributed by atoms with Crippen LogP contribution in [0.15, 0.2) is 40.4 Å². The molecule has 0 radical (unpaired) electrons. The van der Waals surface area contributed by atoms with Crippen LogP contribution in [0, 0.1) is 0 Å². The molecule has 1 aromatic heterocycles. The maximum absolute atomic E-state index is 11.8. The van der Waals surface area contributed by atoms with E-state index in [9.17, 15) is 4.79 Å². The van der Waals surface area contributed by atoms with Crippen LogP contribution in [0.4, 0.5) is 0 Å². The Hall–Kier alpha value is -1.00. The molecule has 0 unspecified atom stereocenters. The Morgan fingerprint density at radius 2 is 2.25 bits per heavy atom. The van der Waals surface area contributed by atoms with Crippen molar-refractivity contribution in [1.82, 2.24) is 4.98 Å². The molecule has 0 spiro atoms. The zero-order chi connectivity index (χ0) is 11.4. The normalized spacial score (nSPS) is 10.3. The molecule has 1 aromatic carbocycles. The van der Waals surface area contributed by atoms with Gasteiger partial charge in [-0.15, -0.1) is 11.3 Å². The van der Waals surface area contributed by atoms with Gasteiger partial charge in [-0.1, -0.05) is 28.1 Å². The van der Waals surface area contributed by atoms with Crippen LogP contribution in [0.2, 0.25) is 0 Å². The van der Waals surface area contributed by atoms with Crippen LogP contribution in [-0.2, 0) is 17.6 Å². The number of hydrogen-bond acceptors (Lipinski definition) is 3. The third-order valence-corrected chi connectivity index (χ3v) is 3.42. The highest BCUT2D eigenvalue weighted by molar-refractivity contribution is 9.10. The number of rotatable bonds is 4. The standard InChI is InChI=1S/C12H10BrNOS/c13-10-3-1-2-9(4-10)5-11(15)6-12-7-14-8-16-12/h1-4,7-8H,5-6H2. The minimum Gasteiger partial charge on any atom is -0.299 e. The second kappa shape index (κ2) is 5.37. The summed E-state index contributed by atoms with van der Waals surface area (Å²) >= 11 is 4.92. The van der Waals surface area contributed by atoms with Crippen LogP contribution in [0.1, 0.15) is 10.4 Å². The number of nitrogens with zero attached hydrogens (tertiary/aromatic N) is 1. The summed E-state index contributed by atoms with van der Waals surface area (Å²) in [6.45, 7) is 0. The van der Waals surface area contributed by atoms with Crippen molar-refractivity contribution in [1.29, 1.82) is 0 Å². The number of thiazole rings is 1. The quantitative estimate of drug-likeness (QED) is 0.867.